The molecule has 0 saturated heterocycles. The van der Waals surface area contributed by atoms with E-state index in [2.05, 4.69) is 148 Å². The second-order valence-corrected chi connectivity index (χ2v) is 19.1. The van der Waals surface area contributed by atoms with Gasteiger partial charge < -0.3 is 4.90 Å². The van der Waals surface area contributed by atoms with Gasteiger partial charge in [0.2, 0.25) is 0 Å². The van der Waals surface area contributed by atoms with Crippen LogP contribution >= 0.6 is 11.8 Å². The predicted octanol–water partition coefficient (Wildman–Crippen LogP) is 13.0. The lowest BCUT2D eigenvalue weighted by Crippen LogP contribution is -2.74. The van der Waals surface area contributed by atoms with Crippen LogP contribution in [0.3, 0.4) is 0 Å². The van der Waals surface area contributed by atoms with E-state index in [1.807, 2.05) is 11.8 Å². The molecule has 1 heterocycles. The Morgan fingerprint density at radius 1 is 0.580 bits per heavy atom. The number of anilines is 3. The SMILES string of the molecule is CC1(C)CCC(C)(C)c2cc(N(c3ccccc3)c3ccc4c(c3)C3(c5c(cccc5-c5ccccc5)S4)C4CC5CC6CC3C64C5)ccc21. The fraction of sp³-hybridized carbons (Fsp3) is 0.375. The minimum Gasteiger partial charge on any atom is -0.310 e. The number of fused-ring (bicyclic) bond motifs is 8. The number of hydrogen-bond donors (Lipinski definition) is 0. The maximum absolute atomic E-state index is 2.67. The molecule has 0 radical (unpaired) electrons. The van der Waals surface area contributed by atoms with E-state index in [9.17, 15) is 0 Å². The smallest absolute Gasteiger partial charge is 0.0465 e. The van der Waals surface area contributed by atoms with Gasteiger partial charge in [-0.1, -0.05) is 106 Å². The molecular weight excluding hydrogens is 623 g/mol. The molecule has 2 bridgehead atoms. The van der Waals surface area contributed by atoms with Crippen LogP contribution in [0.4, 0.5) is 17.1 Å². The molecule has 50 heavy (non-hydrogen) atoms. The molecule has 0 aromatic heterocycles. The Labute approximate surface area is 302 Å². The van der Waals surface area contributed by atoms with Gasteiger partial charge in [-0.15, -0.1) is 0 Å². The molecule has 1 nitrogen and oxygen atoms in total. The highest BCUT2D eigenvalue weighted by molar-refractivity contribution is 7.99. The fourth-order valence-corrected chi connectivity index (χ4v) is 14.2. The lowest BCUT2D eigenvalue weighted by molar-refractivity contribution is -0.234. The molecule has 2 heteroatoms. The molecule has 5 aliphatic carbocycles. The number of hydrogen-bond acceptors (Lipinski definition) is 2. The molecule has 4 fully saturated rings. The topological polar surface area (TPSA) is 3.24 Å². The van der Waals surface area contributed by atoms with E-state index in [-0.39, 0.29) is 16.2 Å². The van der Waals surface area contributed by atoms with E-state index in [1.165, 1.54) is 87.6 Å². The van der Waals surface area contributed by atoms with Crippen molar-refractivity contribution in [1.29, 1.82) is 0 Å². The van der Waals surface area contributed by atoms with E-state index < -0.39 is 0 Å². The molecule has 11 rings (SSSR count). The van der Waals surface area contributed by atoms with Gasteiger partial charge >= 0.3 is 0 Å². The molecule has 5 aromatic rings. The summed E-state index contributed by atoms with van der Waals surface area (Å²) in [4.78, 5) is 5.54. The van der Waals surface area contributed by atoms with E-state index in [0.717, 1.165) is 23.7 Å². The Morgan fingerprint density at radius 2 is 1.26 bits per heavy atom. The van der Waals surface area contributed by atoms with E-state index in [0.29, 0.717) is 5.41 Å². The summed E-state index contributed by atoms with van der Waals surface area (Å²) in [5.74, 6) is 3.37. The van der Waals surface area contributed by atoms with Crippen LogP contribution in [0.2, 0.25) is 0 Å². The zero-order chi connectivity index (χ0) is 33.6. The zero-order valence-corrected chi connectivity index (χ0v) is 30.7. The Balaban J connectivity index is 1.13. The van der Waals surface area contributed by atoms with Crippen molar-refractivity contribution < 1.29 is 0 Å². The molecule has 4 saturated carbocycles. The number of para-hydroxylation sites is 1. The summed E-state index contributed by atoms with van der Waals surface area (Å²) in [6.45, 7) is 9.77. The maximum atomic E-state index is 2.67. The molecule has 250 valence electrons. The van der Waals surface area contributed by atoms with Crippen LogP contribution in [0.5, 0.6) is 0 Å². The van der Waals surface area contributed by atoms with Gasteiger partial charge in [-0.3, -0.25) is 0 Å². The van der Waals surface area contributed by atoms with Gasteiger partial charge in [-0.2, -0.15) is 0 Å². The summed E-state index contributed by atoms with van der Waals surface area (Å²) >= 11 is 2.03. The van der Waals surface area contributed by atoms with Crippen LogP contribution in [0.1, 0.15) is 88.5 Å². The normalized spacial score (nSPS) is 31.1. The van der Waals surface area contributed by atoms with Crippen molar-refractivity contribution in [3.8, 4) is 11.1 Å². The number of benzene rings is 5. The summed E-state index contributed by atoms with van der Waals surface area (Å²) < 4.78 is 0. The lowest BCUT2D eigenvalue weighted by Gasteiger charge is -2.78. The van der Waals surface area contributed by atoms with Crippen molar-refractivity contribution in [2.75, 3.05) is 4.90 Å². The predicted molar refractivity (Wildman–Crippen MR) is 208 cm³/mol. The summed E-state index contributed by atoms with van der Waals surface area (Å²) in [6, 6.07) is 44.6. The highest BCUT2D eigenvalue weighted by Gasteiger charge is 2.84. The van der Waals surface area contributed by atoms with Crippen molar-refractivity contribution in [3.05, 3.63) is 138 Å². The van der Waals surface area contributed by atoms with Gasteiger partial charge in [0.25, 0.3) is 0 Å². The molecule has 0 N–H and O–H groups in total. The molecule has 1 aliphatic heterocycles. The highest BCUT2D eigenvalue weighted by atomic mass is 32.2. The van der Waals surface area contributed by atoms with E-state index in [4.69, 9.17) is 0 Å². The monoisotopic (exact) mass is 669 g/mol. The molecule has 5 aromatic carbocycles. The average Bonchev–Trinajstić information content (AvgIpc) is 3.66. The standard InChI is InChI=1S/C48H47NS/c1-45(2)22-23-46(3,4)38-27-34(18-20-37(38)45)49(33-14-9-6-10-15-33)35-19-21-40-39(28-35)48(42-25-30-24-32-26-43(48)47(32,42)29-30)44-36(16-11-17-41(44)50-40)31-12-7-5-8-13-31/h5-21,27-28,30,32,42-43H,22-26,29H2,1-4H3. The Morgan fingerprint density at radius 3 is 2.02 bits per heavy atom. The van der Waals surface area contributed by atoms with Gasteiger partial charge in [0, 0.05) is 32.3 Å². The molecule has 6 atom stereocenters. The number of nitrogens with zero attached hydrogens (tertiary/aromatic N) is 1. The maximum Gasteiger partial charge on any atom is 0.0465 e. The quantitative estimate of drug-likeness (QED) is 0.187. The Hall–Kier alpha value is -3.75. The minimum atomic E-state index is 0.0776. The minimum absolute atomic E-state index is 0.0776. The first kappa shape index (κ1) is 29.9. The first-order valence-electron chi connectivity index (χ1n) is 19.2. The second kappa shape index (κ2) is 9.97. The van der Waals surface area contributed by atoms with Gasteiger partial charge in [0.1, 0.15) is 0 Å². The molecule has 6 unspecified atom stereocenters. The summed E-state index contributed by atoms with van der Waals surface area (Å²) in [6.07, 6.45) is 8.24. The van der Waals surface area contributed by atoms with Crippen LogP contribution in [0, 0.1) is 29.1 Å². The number of rotatable bonds is 4. The van der Waals surface area contributed by atoms with Crippen LogP contribution < -0.4 is 4.90 Å². The molecular formula is C48H47NS. The third-order valence-corrected chi connectivity index (χ3v) is 16.2. The van der Waals surface area contributed by atoms with Gasteiger partial charge in [-0.05, 0) is 160 Å². The summed E-state index contributed by atoms with van der Waals surface area (Å²) in [7, 11) is 0. The van der Waals surface area contributed by atoms with Crippen LogP contribution in [-0.2, 0) is 16.2 Å². The highest BCUT2D eigenvalue weighted by Crippen LogP contribution is 2.89. The zero-order valence-electron chi connectivity index (χ0n) is 29.9. The first-order valence-corrected chi connectivity index (χ1v) is 20.0. The molecule has 0 amide bonds. The first-order chi connectivity index (χ1) is 24.2. The van der Waals surface area contributed by atoms with E-state index in [1.54, 1.807) is 11.1 Å². The van der Waals surface area contributed by atoms with Gasteiger partial charge in [0.15, 0.2) is 0 Å². The summed E-state index contributed by atoms with van der Waals surface area (Å²) in [5, 5.41) is 0. The lowest BCUT2D eigenvalue weighted by atomic mass is 9.26. The van der Waals surface area contributed by atoms with Crippen molar-refractivity contribution in [2.24, 2.45) is 29.1 Å². The molecule has 6 aliphatic rings. The van der Waals surface area contributed by atoms with Crippen LogP contribution in [0.15, 0.2) is 125 Å². The average molecular weight is 670 g/mol. The third-order valence-electron chi connectivity index (χ3n) is 15.0. The van der Waals surface area contributed by atoms with Crippen LogP contribution in [0.25, 0.3) is 11.1 Å². The van der Waals surface area contributed by atoms with Crippen molar-refractivity contribution in [2.45, 2.75) is 92.3 Å². The van der Waals surface area contributed by atoms with Crippen molar-refractivity contribution in [3.63, 3.8) is 0 Å². The largest absolute Gasteiger partial charge is 0.310 e. The Bertz CT molecular complexity index is 2200. The summed E-state index contributed by atoms with van der Waals surface area (Å²) in [5.41, 5.74) is 13.9. The Kier molecular flexibility index (Phi) is 5.97. The van der Waals surface area contributed by atoms with Crippen molar-refractivity contribution >= 4 is 28.8 Å². The van der Waals surface area contributed by atoms with Gasteiger partial charge in [-0.25, -0.2) is 0 Å². The fourth-order valence-electron chi connectivity index (χ4n) is 12.9. The van der Waals surface area contributed by atoms with Crippen molar-refractivity contribution in [1.82, 2.24) is 0 Å². The second-order valence-electron chi connectivity index (χ2n) is 18.1. The molecule has 2 spiro atoms. The third kappa shape index (κ3) is 3.67. The van der Waals surface area contributed by atoms with E-state index >= 15 is 0 Å². The van der Waals surface area contributed by atoms with Gasteiger partial charge in [0.05, 0.1) is 0 Å². The van der Waals surface area contributed by atoms with Crippen LogP contribution in [-0.4, -0.2) is 0 Å².